The lowest BCUT2D eigenvalue weighted by Gasteiger charge is -2.20. The molecule has 0 fully saturated rings. The van der Waals surface area contributed by atoms with Crippen LogP contribution in [0.15, 0.2) is 46.9 Å². The van der Waals surface area contributed by atoms with E-state index in [-0.39, 0.29) is 17.7 Å². The van der Waals surface area contributed by atoms with Crippen molar-refractivity contribution in [3.63, 3.8) is 0 Å². The van der Waals surface area contributed by atoms with Gasteiger partial charge in [-0.25, -0.2) is 4.39 Å². The van der Waals surface area contributed by atoms with E-state index in [4.69, 9.17) is 4.74 Å². The molecule has 0 atom stereocenters. The average Bonchev–Trinajstić information content (AvgIpc) is 2.46. The Bertz CT molecular complexity index is 688. The van der Waals surface area contributed by atoms with E-state index < -0.39 is 5.82 Å². The number of hydrogen-bond acceptors (Lipinski definition) is 2. The monoisotopic (exact) mass is 365 g/mol. The summed E-state index contributed by atoms with van der Waals surface area (Å²) in [5, 5.41) is 0. The molecule has 22 heavy (non-hydrogen) atoms. The first-order chi connectivity index (χ1) is 10.4. The second-order valence-electron chi connectivity index (χ2n) is 5.12. The summed E-state index contributed by atoms with van der Waals surface area (Å²) in [5.41, 5.74) is 0.619. The SMILES string of the molecule is CC(C)Oc1ccccc1C(=O)N(C)c1ccc(Br)cc1F. The smallest absolute Gasteiger partial charge is 0.261 e. The third kappa shape index (κ3) is 3.65. The lowest BCUT2D eigenvalue weighted by molar-refractivity contribution is 0.0986. The molecule has 0 radical (unpaired) electrons. The van der Waals surface area contributed by atoms with E-state index in [0.29, 0.717) is 15.8 Å². The number of carbonyl (C=O) groups excluding carboxylic acids is 1. The van der Waals surface area contributed by atoms with Crippen molar-refractivity contribution in [2.75, 3.05) is 11.9 Å². The second-order valence-corrected chi connectivity index (χ2v) is 6.04. The molecule has 2 aromatic rings. The van der Waals surface area contributed by atoms with Crippen LogP contribution in [0.2, 0.25) is 0 Å². The maximum Gasteiger partial charge on any atom is 0.261 e. The Morgan fingerprint density at radius 1 is 1.23 bits per heavy atom. The summed E-state index contributed by atoms with van der Waals surface area (Å²) in [6, 6.07) is 11.5. The summed E-state index contributed by atoms with van der Waals surface area (Å²) in [5.74, 6) is -0.295. The van der Waals surface area contributed by atoms with Crippen molar-refractivity contribution < 1.29 is 13.9 Å². The number of para-hydroxylation sites is 1. The predicted octanol–water partition coefficient (Wildman–Crippen LogP) is 4.65. The number of hydrogen-bond donors (Lipinski definition) is 0. The van der Waals surface area contributed by atoms with E-state index in [1.54, 1.807) is 43.4 Å². The van der Waals surface area contributed by atoms with Crippen molar-refractivity contribution in [3.8, 4) is 5.75 Å². The highest BCUT2D eigenvalue weighted by atomic mass is 79.9. The van der Waals surface area contributed by atoms with Crippen LogP contribution in [0, 0.1) is 5.82 Å². The van der Waals surface area contributed by atoms with Gasteiger partial charge in [-0.3, -0.25) is 4.79 Å². The van der Waals surface area contributed by atoms with Crippen LogP contribution in [0.25, 0.3) is 0 Å². The van der Waals surface area contributed by atoms with E-state index in [9.17, 15) is 9.18 Å². The molecule has 2 aromatic carbocycles. The normalized spacial score (nSPS) is 10.6. The quantitative estimate of drug-likeness (QED) is 0.788. The van der Waals surface area contributed by atoms with Gasteiger partial charge in [0.05, 0.1) is 17.4 Å². The van der Waals surface area contributed by atoms with Gasteiger partial charge in [-0.15, -0.1) is 0 Å². The molecule has 5 heteroatoms. The first-order valence-corrected chi connectivity index (χ1v) is 7.68. The molecule has 2 rings (SSSR count). The molecule has 3 nitrogen and oxygen atoms in total. The summed E-state index contributed by atoms with van der Waals surface area (Å²) < 4.78 is 20.3. The van der Waals surface area contributed by atoms with Gasteiger partial charge in [-0.1, -0.05) is 28.1 Å². The Kier molecular flexibility index (Phi) is 5.19. The standard InChI is InChI=1S/C17H17BrFNO2/c1-11(2)22-16-7-5-4-6-13(16)17(21)20(3)15-9-8-12(18)10-14(15)19/h4-11H,1-3H3. The zero-order valence-corrected chi connectivity index (χ0v) is 14.2. The summed E-state index contributed by atoms with van der Waals surface area (Å²) >= 11 is 3.20. The summed E-state index contributed by atoms with van der Waals surface area (Å²) in [6.07, 6.45) is -0.0522. The predicted molar refractivity (Wildman–Crippen MR) is 89.0 cm³/mol. The zero-order valence-electron chi connectivity index (χ0n) is 12.6. The number of halogens is 2. The maximum absolute atomic E-state index is 14.0. The number of nitrogens with zero attached hydrogens (tertiary/aromatic N) is 1. The number of anilines is 1. The average molecular weight is 366 g/mol. The van der Waals surface area contributed by atoms with Crippen LogP contribution < -0.4 is 9.64 Å². The number of rotatable bonds is 4. The van der Waals surface area contributed by atoms with Crippen LogP contribution in [0.3, 0.4) is 0 Å². The molecule has 0 saturated heterocycles. The number of amides is 1. The van der Waals surface area contributed by atoms with Gasteiger partial charge >= 0.3 is 0 Å². The van der Waals surface area contributed by atoms with Crippen LogP contribution in [-0.4, -0.2) is 19.1 Å². The Labute approximate surface area is 137 Å². The third-order valence-corrected chi connectivity index (χ3v) is 3.55. The van der Waals surface area contributed by atoms with E-state index in [2.05, 4.69) is 15.9 Å². The molecule has 0 saturated carbocycles. The van der Waals surface area contributed by atoms with E-state index >= 15 is 0 Å². The molecule has 0 aliphatic rings. The Morgan fingerprint density at radius 2 is 1.91 bits per heavy atom. The van der Waals surface area contributed by atoms with Gasteiger partial charge in [-0.2, -0.15) is 0 Å². The van der Waals surface area contributed by atoms with Crippen molar-refractivity contribution >= 4 is 27.5 Å². The largest absolute Gasteiger partial charge is 0.490 e. The molecule has 0 N–H and O–H groups in total. The minimum Gasteiger partial charge on any atom is -0.490 e. The van der Waals surface area contributed by atoms with E-state index in [1.165, 1.54) is 11.0 Å². The third-order valence-electron chi connectivity index (χ3n) is 3.06. The number of carbonyl (C=O) groups is 1. The molecular weight excluding hydrogens is 349 g/mol. The molecule has 0 bridgehead atoms. The van der Waals surface area contributed by atoms with Crippen LogP contribution in [-0.2, 0) is 0 Å². The molecule has 0 aliphatic carbocycles. The Morgan fingerprint density at radius 3 is 2.55 bits per heavy atom. The van der Waals surface area contributed by atoms with E-state index in [1.807, 2.05) is 13.8 Å². The fraction of sp³-hybridized carbons (Fsp3) is 0.235. The van der Waals surface area contributed by atoms with Crippen LogP contribution in [0.5, 0.6) is 5.75 Å². The fourth-order valence-corrected chi connectivity index (χ4v) is 2.38. The highest BCUT2D eigenvalue weighted by molar-refractivity contribution is 9.10. The van der Waals surface area contributed by atoms with Gasteiger partial charge in [0.15, 0.2) is 0 Å². The van der Waals surface area contributed by atoms with Crippen molar-refractivity contribution in [1.29, 1.82) is 0 Å². The van der Waals surface area contributed by atoms with Crippen molar-refractivity contribution in [1.82, 2.24) is 0 Å². The summed E-state index contributed by atoms with van der Waals surface area (Å²) in [4.78, 5) is 13.9. The first kappa shape index (κ1) is 16.5. The van der Waals surface area contributed by atoms with Crippen LogP contribution >= 0.6 is 15.9 Å². The molecule has 0 heterocycles. The van der Waals surface area contributed by atoms with Gasteiger partial charge in [0.2, 0.25) is 0 Å². The molecule has 116 valence electrons. The van der Waals surface area contributed by atoms with Crippen molar-refractivity contribution in [3.05, 3.63) is 58.3 Å². The van der Waals surface area contributed by atoms with Gasteiger partial charge in [-0.05, 0) is 44.2 Å². The highest BCUT2D eigenvalue weighted by Crippen LogP contribution is 2.26. The fourth-order valence-electron chi connectivity index (χ4n) is 2.04. The topological polar surface area (TPSA) is 29.5 Å². The molecule has 0 aliphatic heterocycles. The zero-order chi connectivity index (χ0) is 16.3. The van der Waals surface area contributed by atoms with E-state index in [0.717, 1.165) is 0 Å². The Hall–Kier alpha value is -1.88. The van der Waals surface area contributed by atoms with Gasteiger partial charge in [0.1, 0.15) is 11.6 Å². The first-order valence-electron chi connectivity index (χ1n) is 6.89. The molecule has 0 unspecified atom stereocenters. The lowest BCUT2D eigenvalue weighted by atomic mass is 10.1. The van der Waals surface area contributed by atoms with Gasteiger partial charge in [0, 0.05) is 11.5 Å². The highest BCUT2D eigenvalue weighted by Gasteiger charge is 2.20. The minimum atomic E-state index is -0.465. The van der Waals surface area contributed by atoms with Crippen molar-refractivity contribution in [2.24, 2.45) is 0 Å². The number of benzene rings is 2. The van der Waals surface area contributed by atoms with Gasteiger partial charge in [0.25, 0.3) is 5.91 Å². The van der Waals surface area contributed by atoms with Gasteiger partial charge < -0.3 is 9.64 Å². The molecular formula is C17H17BrFNO2. The second kappa shape index (κ2) is 6.92. The molecule has 1 amide bonds. The van der Waals surface area contributed by atoms with Crippen molar-refractivity contribution in [2.45, 2.75) is 20.0 Å². The van der Waals surface area contributed by atoms with Crippen LogP contribution in [0.1, 0.15) is 24.2 Å². The summed E-state index contributed by atoms with van der Waals surface area (Å²) in [7, 11) is 1.54. The molecule has 0 aromatic heterocycles. The van der Waals surface area contributed by atoms with Crippen LogP contribution in [0.4, 0.5) is 10.1 Å². The minimum absolute atomic E-state index is 0.0522. The summed E-state index contributed by atoms with van der Waals surface area (Å²) in [6.45, 7) is 3.78. The number of ether oxygens (including phenoxy) is 1. The maximum atomic E-state index is 14.0. The lowest BCUT2D eigenvalue weighted by Crippen LogP contribution is -2.28. The molecule has 0 spiro atoms. The Balaban J connectivity index is 2.35.